The Hall–Kier alpha value is -4.56. The molecule has 0 fully saturated rings. The normalized spacial score (nSPS) is 13.1. The van der Waals surface area contributed by atoms with E-state index < -0.39 is 18.1 Å². The van der Waals surface area contributed by atoms with Gasteiger partial charge in [-0.3, -0.25) is 14.6 Å². The zero-order chi connectivity index (χ0) is 27.5. The van der Waals surface area contributed by atoms with E-state index in [1.54, 1.807) is 12.4 Å². The van der Waals surface area contributed by atoms with Crippen molar-refractivity contribution in [3.63, 3.8) is 0 Å². The summed E-state index contributed by atoms with van der Waals surface area (Å²) in [6, 6.07) is 27.6. The van der Waals surface area contributed by atoms with Crippen LogP contribution in [0.2, 0.25) is 0 Å². The number of rotatable bonds is 12. The first-order valence-corrected chi connectivity index (χ1v) is 12.8. The fourth-order valence-corrected chi connectivity index (χ4v) is 4.50. The van der Waals surface area contributed by atoms with E-state index in [2.05, 4.69) is 25.3 Å². The smallest absolute Gasteiger partial charge is 0.305 e. The number of anilines is 2. The third-order valence-corrected chi connectivity index (χ3v) is 6.42. The summed E-state index contributed by atoms with van der Waals surface area (Å²) in [4.78, 5) is 33.4. The number of methoxy groups -OCH3 is 1. The Balaban J connectivity index is 1.74. The van der Waals surface area contributed by atoms with E-state index in [9.17, 15) is 14.7 Å². The Morgan fingerprint density at radius 1 is 0.846 bits per heavy atom. The first-order valence-electron chi connectivity index (χ1n) is 12.8. The molecule has 0 spiro atoms. The highest BCUT2D eigenvalue weighted by atomic mass is 16.5. The predicted octanol–water partition coefficient (Wildman–Crippen LogP) is 5.43. The molecule has 1 amide bonds. The van der Waals surface area contributed by atoms with E-state index in [1.165, 1.54) is 7.11 Å². The summed E-state index contributed by atoms with van der Waals surface area (Å²) in [6.07, 6.45) is 3.18. The summed E-state index contributed by atoms with van der Waals surface area (Å²) in [6.45, 7) is 0. The molecule has 8 heteroatoms. The van der Waals surface area contributed by atoms with Gasteiger partial charge in [0.2, 0.25) is 5.91 Å². The van der Waals surface area contributed by atoms with Gasteiger partial charge in [-0.05, 0) is 47.9 Å². The highest BCUT2D eigenvalue weighted by Gasteiger charge is 2.35. The summed E-state index contributed by atoms with van der Waals surface area (Å²) < 4.78 is 4.67. The first kappa shape index (κ1) is 27.5. The second kappa shape index (κ2) is 13.8. The molecule has 3 N–H and O–H groups in total. The number of esters is 1. The number of carbonyl (C=O) groups excluding carboxylic acids is 2. The fourth-order valence-electron chi connectivity index (χ4n) is 4.50. The number of carbonyl (C=O) groups is 2. The topological polar surface area (TPSA) is 113 Å². The average Bonchev–Trinajstić information content (AvgIpc) is 2.98. The molecule has 2 aromatic carbocycles. The summed E-state index contributed by atoms with van der Waals surface area (Å²) >= 11 is 0. The Bertz CT molecular complexity index is 1340. The van der Waals surface area contributed by atoms with Gasteiger partial charge in [-0.2, -0.15) is 0 Å². The number of hydrogen-bond acceptors (Lipinski definition) is 7. The quantitative estimate of drug-likeness (QED) is 0.212. The Morgan fingerprint density at radius 3 is 2.23 bits per heavy atom. The van der Waals surface area contributed by atoms with Crippen molar-refractivity contribution in [2.75, 3.05) is 17.7 Å². The van der Waals surface area contributed by atoms with Crippen LogP contribution in [0.15, 0.2) is 103 Å². The van der Waals surface area contributed by atoms with E-state index in [1.807, 2.05) is 91.0 Å². The Labute approximate surface area is 228 Å². The molecule has 2 heterocycles. The van der Waals surface area contributed by atoms with Gasteiger partial charge in [-0.15, -0.1) is 0 Å². The van der Waals surface area contributed by atoms with Crippen molar-refractivity contribution in [1.82, 2.24) is 9.97 Å². The number of para-hydroxylation sites is 1. The summed E-state index contributed by atoms with van der Waals surface area (Å²) in [5.41, 5.74) is 2.78. The van der Waals surface area contributed by atoms with Gasteiger partial charge in [0.05, 0.1) is 25.2 Å². The minimum Gasteiger partial charge on any atom is -0.469 e. The molecule has 0 saturated heterocycles. The maximum atomic E-state index is 12.9. The lowest BCUT2D eigenvalue weighted by molar-refractivity contribution is -0.140. The van der Waals surface area contributed by atoms with Crippen molar-refractivity contribution in [3.05, 3.63) is 120 Å². The van der Waals surface area contributed by atoms with Crippen molar-refractivity contribution in [2.24, 2.45) is 0 Å². The van der Waals surface area contributed by atoms with Gasteiger partial charge in [0.1, 0.15) is 5.82 Å². The van der Waals surface area contributed by atoms with Crippen LogP contribution >= 0.6 is 0 Å². The van der Waals surface area contributed by atoms with Crippen LogP contribution in [0.5, 0.6) is 0 Å². The van der Waals surface area contributed by atoms with Crippen LogP contribution in [-0.2, 0) is 14.3 Å². The number of aromatic nitrogens is 2. The molecule has 4 rings (SSSR count). The molecule has 4 aromatic rings. The van der Waals surface area contributed by atoms with Crippen LogP contribution < -0.4 is 10.6 Å². The maximum absolute atomic E-state index is 12.9. The maximum Gasteiger partial charge on any atom is 0.305 e. The monoisotopic (exact) mass is 524 g/mol. The molecular weight excluding hydrogens is 492 g/mol. The summed E-state index contributed by atoms with van der Waals surface area (Å²) in [5.74, 6) is -0.507. The number of nitrogens with zero attached hydrogens (tertiary/aromatic N) is 2. The minimum atomic E-state index is -0.925. The number of ether oxygens (including phenoxy) is 1. The molecule has 0 radical (unpaired) electrons. The lowest BCUT2D eigenvalue weighted by atomic mass is 9.82. The van der Waals surface area contributed by atoms with Gasteiger partial charge < -0.3 is 20.5 Å². The van der Waals surface area contributed by atoms with Gasteiger partial charge in [0.25, 0.3) is 0 Å². The zero-order valence-corrected chi connectivity index (χ0v) is 21.7. The fraction of sp³-hybridized carbons (Fsp3) is 0.226. The first-order chi connectivity index (χ1) is 19.1. The molecule has 3 atom stereocenters. The summed E-state index contributed by atoms with van der Waals surface area (Å²) in [5, 5.41) is 18.3. The van der Waals surface area contributed by atoms with Crippen molar-refractivity contribution in [1.29, 1.82) is 0 Å². The Morgan fingerprint density at radius 2 is 1.54 bits per heavy atom. The van der Waals surface area contributed by atoms with Gasteiger partial charge in [0, 0.05) is 36.6 Å². The number of aliphatic hydroxyl groups is 1. The third-order valence-electron chi connectivity index (χ3n) is 6.42. The number of pyridine rings is 2. The highest BCUT2D eigenvalue weighted by Crippen LogP contribution is 2.43. The number of amides is 1. The molecule has 0 bridgehead atoms. The Kier molecular flexibility index (Phi) is 9.74. The van der Waals surface area contributed by atoms with E-state index in [-0.39, 0.29) is 24.7 Å². The van der Waals surface area contributed by atoms with E-state index in [0.29, 0.717) is 23.6 Å². The van der Waals surface area contributed by atoms with Gasteiger partial charge in [-0.1, -0.05) is 60.7 Å². The second-order valence-corrected chi connectivity index (χ2v) is 9.04. The van der Waals surface area contributed by atoms with Crippen LogP contribution in [0.1, 0.15) is 54.1 Å². The number of aliphatic hydroxyl groups excluding tert-OH is 1. The molecule has 0 aliphatic heterocycles. The van der Waals surface area contributed by atoms with Crippen LogP contribution in [0.3, 0.4) is 0 Å². The van der Waals surface area contributed by atoms with Gasteiger partial charge >= 0.3 is 5.97 Å². The lowest BCUT2D eigenvalue weighted by Crippen LogP contribution is -2.27. The molecule has 39 heavy (non-hydrogen) atoms. The minimum absolute atomic E-state index is 0.165. The summed E-state index contributed by atoms with van der Waals surface area (Å²) in [7, 11) is 1.33. The predicted molar refractivity (Wildman–Crippen MR) is 150 cm³/mol. The highest BCUT2D eigenvalue weighted by molar-refractivity contribution is 5.92. The zero-order valence-electron chi connectivity index (χ0n) is 21.7. The molecule has 0 saturated carbocycles. The molecule has 2 aromatic heterocycles. The van der Waals surface area contributed by atoms with Crippen LogP contribution in [-0.4, -0.2) is 34.1 Å². The van der Waals surface area contributed by atoms with Gasteiger partial charge in [-0.25, -0.2) is 4.98 Å². The lowest BCUT2D eigenvalue weighted by Gasteiger charge is -2.33. The van der Waals surface area contributed by atoms with Crippen molar-refractivity contribution in [3.8, 4) is 0 Å². The van der Waals surface area contributed by atoms with Crippen LogP contribution in [0.4, 0.5) is 11.5 Å². The average molecular weight is 525 g/mol. The second-order valence-electron chi connectivity index (χ2n) is 9.04. The van der Waals surface area contributed by atoms with Crippen molar-refractivity contribution in [2.45, 2.75) is 37.3 Å². The molecular formula is C31H32N4O4. The number of nitrogens with one attached hydrogen (secondary N) is 2. The molecule has 0 unspecified atom stereocenters. The van der Waals surface area contributed by atoms with Gasteiger partial charge in [0.15, 0.2) is 0 Å². The molecule has 0 aliphatic carbocycles. The van der Waals surface area contributed by atoms with Crippen molar-refractivity contribution < 1.29 is 19.4 Å². The van der Waals surface area contributed by atoms with Crippen molar-refractivity contribution >= 4 is 23.4 Å². The largest absolute Gasteiger partial charge is 0.469 e. The number of benzene rings is 2. The van der Waals surface area contributed by atoms with Crippen LogP contribution in [0.25, 0.3) is 0 Å². The SMILES string of the molecule is COC(=O)CCCC(=O)Nc1ccccc1[C@@H](Nc1ccccn1)[C@H](c1ccccn1)[C@H](O)c1ccccc1. The van der Waals surface area contributed by atoms with Crippen LogP contribution in [0, 0.1) is 0 Å². The molecule has 200 valence electrons. The van der Waals surface area contributed by atoms with E-state index in [0.717, 1.165) is 11.1 Å². The molecule has 0 aliphatic rings. The standard InChI is InChI=1S/C31H32N4O4/c1-39-28(37)19-11-18-27(36)34-24-15-6-5-14-23(24)30(35-26-17-8-10-21-33-26)29(25-16-7-9-20-32-25)31(38)22-12-3-2-4-13-22/h2-10,12-17,20-21,29-31,38H,11,18-19H2,1H3,(H,33,35)(H,34,36)/t29-,30+,31+/m0/s1. The molecule has 8 nitrogen and oxygen atoms in total. The van der Waals surface area contributed by atoms with E-state index in [4.69, 9.17) is 0 Å². The van der Waals surface area contributed by atoms with E-state index >= 15 is 0 Å². The third kappa shape index (κ3) is 7.49. The number of hydrogen-bond donors (Lipinski definition) is 3.